The minimum Gasteiger partial charge on any atom is -0.374 e. The Balaban J connectivity index is 2.79. The van der Waals surface area contributed by atoms with E-state index in [1.165, 1.54) is 0 Å². The van der Waals surface area contributed by atoms with Crippen molar-refractivity contribution in [2.24, 2.45) is 0 Å². The zero-order chi connectivity index (χ0) is 11.1. The maximum Gasteiger partial charge on any atom is 0.528 e. The second-order valence-electron chi connectivity index (χ2n) is 2.96. The number of rotatable bonds is 5. The van der Waals surface area contributed by atoms with Crippen molar-refractivity contribution in [3.63, 3.8) is 0 Å². The molecular weight excluding hydrogens is 208 g/mol. The van der Waals surface area contributed by atoms with E-state index in [1.54, 1.807) is 21.3 Å². The molecule has 0 saturated heterocycles. The molecule has 82 valence electrons. The minimum absolute atomic E-state index is 1.10. The quantitative estimate of drug-likeness (QED) is 0.717. The molecule has 0 aliphatic rings. The average molecular weight is 224 g/mol. The van der Waals surface area contributed by atoms with Crippen molar-refractivity contribution in [2.45, 2.75) is 0 Å². The van der Waals surface area contributed by atoms with Crippen LogP contribution in [-0.2, 0) is 13.3 Å². The summed E-state index contributed by atoms with van der Waals surface area (Å²) in [5.74, 6) is 0. The van der Waals surface area contributed by atoms with Crippen molar-refractivity contribution in [2.75, 3.05) is 21.3 Å². The third kappa shape index (κ3) is 3.28. The van der Waals surface area contributed by atoms with E-state index in [0.29, 0.717) is 0 Å². The summed E-state index contributed by atoms with van der Waals surface area (Å²) in [7, 11) is 2.19. The van der Waals surface area contributed by atoms with E-state index in [2.05, 4.69) is 0 Å². The molecule has 0 saturated carbocycles. The molecule has 0 aliphatic carbocycles. The van der Waals surface area contributed by atoms with Gasteiger partial charge in [-0.1, -0.05) is 36.4 Å². The van der Waals surface area contributed by atoms with E-state index in [1.807, 2.05) is 42.1 Å². The lowest BCUT2D eigenvalue weighted by Gasteiger charge is -2.20. The van der Waals surface area contributed by atoms with Crippen LogP contribution in [0.5, 0.6) is 0 Å². The first-order valence-corrected chi connectivity index (χ1v) is 6.46. The zero-order valence-electron chi connectivity index (χ0n) is 9.27. The molecule has 1 aromatic carbocycles. The molecule has 0 spiro atoms. The maximum absolute atomic E-state index is 5.27. The summed E-state index contributed by atoms with van der Waals surface area (Å²) in [6, 6.07) is 9.96. The van der Waals surface area contributed by atoms with Gasteiger partial charge in [0, 0.05) is 21.3 Å². The lowest BCUT2D eigenvalue weighted by molar-refractivity contribution is 0.139. The van der Waals surface area contributed by atoms with E-state index in [9.17, 15) is 0 Å². The highest BCUT2D eigenvalue weighted by Gasteiger charge is 2.34. The lowest BCUT2D eigenvalue weighted by atomic mass is 10.2. The highest BCUT2D eigenvalue weighted by Crippen LogP contribution is 2.10. The molecule has 0 bridgehead atoms. The lowest BCUT2D eigenvalue weighted by Crippen LogP contribution is -2.40. The fraction of sp³-hybridized carbons (Fsp3) is 0.273. The number of hydrogen-bond donors (Lipinski definition) is 0. The Hall–Kier alpha value is -0.943. The summed E-state index contributed by atoms with van der Waals surface area (Å²) >= 11 is 0. The van der Waals surface area contributed by atoms with Crippen molar-refractivity contribution in [3.8, 4) is 0 Å². The summed E-state index contributed by atoms with van der Waals surface area (Å²) in [5, 5.41) is 0. The first-order valence-electron chi connectivity index (χ1n) is 4.66. The fourth-order valence-electron chi connectivity index (χ4n) is 1.22. The van der Waals surface area contributed by atoms with Gasteiger partial charge in [-0.15, -0.1) is 0 Å². The second-order valence-corrected chi connectivity index (χ2v) is 5.73. The Kier molecular flexibility index (Phi) is 4.71. The van der Waals surface area contributed by atoms with Gasteiger partial charge >= 0.3 is 8.80 Å². The Labute approximate surface area is 91.7 Å². The van der Waals surface area contributed by atoms with Crippen LogP contribution in [0.2, 0.25) is 0 Å². The molecule has 0 radical (unpaired) electrons. The largest absolute Gasteiger partial charge is 0.528 e. The van der Waals surface area contributed by atoms with Gasteiger partial charge in [-0.3, -0.25) is 0 Å². The zero-order valence-corrected chi connectivity index (χ0v) is 10.3. The van der Waals surface area contributed by atoms with Crippen LogP contribution in [0, 0.1) is 0 Å². The monoisotopic (exact) mass is 224 g/mol. The van der Waals surface area contributed by atoms with Crippen molar-refractivity contribution in [1.82, 2.24) is 0 Å². The molecule has 0 amide bonds. The molecule has 0 atom stereocenters. The third-order valence-electron chi connectivity index (χ3n) is 2.13. The molecule has 4 heteroatoms. The van der Waals surface area contributed by atoms with E-state index in [4.69, 9.17) is 13.3 Å². The predicted octanol–water partition coefficient (Wildman–Crippen LogP) is 2.12. The summed E-state index contributed by atoms with van der Waals surface area (Å²) in [4.78, 5) is 0. The summed E-state index contributed by atoms with van der Waals surface area (Å²) in [5.41, 5.74) is 2.96. The molecule has 1 rings (SSSR count). The molecular formula is C11H16O3Si. The van der Waals surface area contributed by atoms with E-state index in [-0.39, 0.29) is 0 Å². The van der Waals surface area contributed by atoms with E-state index >= 15 is 0 Å². The first-order chi connectivity index (χ1) is 7.26. The Morgan fingerprint density at radius 2 is 1.47 bits per heavy atom. The molecule has 0 fully saturated rings. The fourth-order valence-corrected chi connectivity index (χ4v) is 2.52. The molecule has 0 unspecified atom stereocenters. The van der Waals surface area contributed by atoms with Crippen LogP contribution in [0.3, 0.4) is 0 Å². The Morgan fingerprint density at radius 1 is 0.933 bits per heavy atom. The molecule has 1 aromatic rings. The second kappa shape index (κ2) is 5.82. The topological polar surface area (TPSA) is 27.7 Å². The molecule has 3 nitrogen and oxygen atoms in total. The average Bonchev–Trinajstić information content (AvgIpc) is 2.33. The summed E-state index contributed by atoms with van der Waals surface area (Å²) in [6.45, 7) is 0. The van der Waals surface area contributed by atoms with Gasteiger partial charge in [0.05, 0.1) is 0 Å². The SMILES string of the molecule is CO[Si](C=Cc1ccccc1)(OC)OC. The van der Waals surface area contributed by atoms with Gasteiger partial charge in [-0.25, -0.2) is 0 Å². The number of hydrogen-bond acceptors (Lipinski definition) is 3. The van der Waals surface area contributed by atoms with Crippen molar-refractivity contribution < 1.29 is 13.3 Å². The number of benzene rings is 1. The smallest absolute Gasteiger partial charge is 0.374 e. The normalized spacial score (nSPS) is 12.2. The van der Waals surface area contributed by atoms with Gasteiger partial charge in [0.15, 0.2) is 0 Å². The Morgan fingerprint density at radius 3 is 1.93 bits per heavy atom. The molecule has 0 N–H and O–H groups in total. The van der Waals surface area contributed by atoms with Crippen molar-refractivity contribution in [1.29, 1.82) is 0 Å². The summed E-state index contributed by atoms with van der Waals surface area (Å²) < 4.78 is 15.8. The highest BCUT2D eigenvalue weighted by atomic mass is 28.4. The predicted molar refractivity (Wildman–Crippen MR) is 62.3 cm³/mol. The molecule has 0 aromatic heterocycles. The van der Waals surface area contributed by atoms with Crippen molar-refractivity contribution in [3.05, 3.63) is 41.6 Å². The van der Waals surface area contributed by atoms with E-state index < -0.39 is 8.80 Å². The highest BCUT2D eigenvalue weighted by molar-refractivity contribution is 6.66. The molecule has 0 aliphatic heterocycles. The molecule has 15 heavy (non-hydrogen) atoms. The van der Waals surface area contributed by atoms with Crippen LogP contribution < -0.4 is 0 Å². The Bertz CT molecular complexity index is 299. The van der Waals surface area contributed by atoms with Gasteiger partial charge in [0.25, 0.3) is 0 Å². The van der Waals surface area contributed by atoms with Crippen LogP contribution in [0.1, 0.15) is 5.56 Å². The van der Waals surface area contributed by atoms with Gasteiger partial charge in [0.1, 0.15) is 0 Å². The minimum atomic E-state index is -2.58. The maximum atomic E-state index is 5.27. The van der Waals surface area contributed by atoms with Crippen LogP contribution in [-0.4, -0.2) is 30.1 Å². The van der Waals surface area contributed by atoms with Crippen LogP contribution in [0.25, 0.3) is 6.08 Å². The van der Waals surface area contributed by atoms with Crippen LogP contribution in [0.4, 0.5) is 0 Å². The molecule has 0 heterocycles. The van der Waals surface area contributed by atoms with Crippen LogP contribution in [0.15, 0.2) is 36.0 Å². The van der Waals surface area contributed by atoms with Gasteiger partial charge in [0.2, 0.25) is 0 Å². The standard InChI is InChI=1S/C11H16O3Si/c1-12-15(13-2,14-3)10-9-11-7-5-4-6-8-11/h4-10H,1-3H3. The van der Waals surface area contributed by atoms with E-state index in [0.717, 1.165) is 5.56 Å². The third-order valence-corrected chi connectivity index (χ3v) is 4.42. The van der Waals surface area contributed by atoms with Crippen LogP contribution >= 0.6 is 0 Å². The summed E-state index contributed by atoms with van der Waals surface area (Å²) in [6.07, 6.45) is 1.95. The van der Waals surface area contributed by atoms with Gasteiger partial charge in [-0.2, -0.15) is 0 Å². The van der Waals surface area contributed by atoms with Gasteiger partial charge in [-0.05, 0) is 11.3 Å². The van der Waals surface area contributed by atoms with Crippen molar-refractivity contribution >= 4 is 14.9 Å². The van der Waals surface area contributed by atoms with Gasteiger partial charge < -0.3 is 13.3 Å². The first kappa shape index (κ1) is 12.1.